The van der Waals surface area contributed by atoms with Crippen LogP contribution in [0.3, 0.4) is 0 Å². The number of ether oxygens (including phenoxy) is 1. The molecule has 152 valence electrons. The molecule has 1 aromatic heterocycles. The maximum atomic E-state index is 12.2. The lowest BCUT2D eigenvalue weighted by molar-refractivity contribution is -0.274. The summed E-state index contributed by atoms with van der Waals surface area (Å²) in [4.78, 5) is 12.2. The van der Waals surface area contributed by atoms with Crippen molar-refractivity contribution in [2.45, 2.75) is 23.8 Å². The van der Waals surface area contributed by atoms with Crippen molar-refractivity contribution in [3.8, 4) is 5.75 Å². The Hall–Kier alpha value is -3.01. The summed E-state index contributed by atoms with van der Waals surface area (Å²) >= 11 is 1.53. The van der Waals surface area contributed by atoms with Gasteiger partial charge in [-0.3, -0.25) is 4.79 Å². The zero-order valence-electron chi connectivity index (χ0n) is 15.3. The van der Waals surface area contributed by atoms with E-state index in [1.54, 1.807) is 11.6 Å². The molecule has 2 aromatic carbocycles. The third-order valence-corrected chi connectivity index (χ3v) is 4.98. The summed E-state index contributed by atoms with van der Waals surface area (Å²) in [7, 11) is 1.80. The topological polar surface area (TPSA) is 69.0 Å². The van der Waals surface area contributed by atoms with Crippen molar-refractivity contribution in [1.29, 1.82) is 0 Å². The third-order valence-electron chi connectivity index (χ3n) is 3.89. The summed E-state index contributed by atoms with van der Waals surface area (Å²) in [6, 6.07) is 14.6. The van der Waals surface area contributed by atoms with Gasteiger partial charge < -0.3 is 14.6 Å². The average molecular weight is 422 g/mol. The lowest BCUT2D eigenvalue weighted by atomic mass is 10.2. The maximum absolute atomic E-state index is 12.2. The van der Waals surface area contributed by atoms with E-state index < -0.39 is 12.3 Å². The van der Waals surface area contributed by atoms with Crippen LogP contribution < -0.4 is 10.1 Å². The molecule has 0 radical (unpaired) electrons. The Kier molecular flexibility index (Phi) is 6.42. The molecule has 0 atom stereocenters. The summed E-state index contributed by atoms with van der Waals surface area (Å²) in [6.07, 6.45) is -4.77. The minimum Gasteiger partial charge on any atom is -0.406 e. The normalized spacial score (nSPS) is 11.3. The Morgan fingerprint density at radius 3 is 2.45 bits per heavy atom. The predicted molar refractivity (Wildman–Crippen MR) is 101 cm³/mol. The fourth-order valence-electron chi connectivity index (χ4n) is 2.42. The number of amides is 1. The molecule has 0 aliphatic carbocycles. The Bertz CT molecular complexity index is 960. The van der Waals surface area contributed by atoms with E-state index in [9.17, 15) is 18.0 Å². The highest BCUT2D eigenvalue weighted by atomic mass is 32.2. The first-order chi connectivity index (χ1) is 13.8. The minimum absolute atomic E-state index is 0.134. The number of hydrogen-bond donors (Lipinski definition) is 1. The van der Waals surface area contributed by atoms with E-state index in [1.807, 2.05) is 30.3 Å². The molecular formula is C19H17F3N4O2S. The number of nitrogens with one attached hydrogen (secondary N) is 1. The van der Waals surface area contributed by atoms with Crippen molar-refractivity contribution in [2.24, 2.45) is 7.05 Å². The van der Waals surface area contributed by atoms with Crippen LogP contribution in [0.2, 0.25) is 0 Å². The van der Waals surface area contributed by atoms with Crippen molar-refractivity contribution in [3.63, 3.8) is 0 Å². The second-order valence-electron chi connectivity index (χ2n) is 5.99. The van der Waals surface area contributed by atoms with Gasteiger partial charge in [0.1, 0.15) is 5.75 Å². The molecule has 6 nitrogen and oxygen atoms in total. The van der Waals surface area contributed by atoms with Gasteiger partial charge in [-0.25, -0.2) is 0 Å². The van der Waals surface area contributed by atoms with Crippen LogP contribution >= 0.6 is 11.8 Å². The van der Waals surface area contributed by atoms with Gasteiger partial charge in [-0.1, -0.05) is 42.1 Å². The summed E-state index contributed by atoms with van der Waals surface area (Å²) in [5.74, 6) is 0.476. The van der Waals surface area contributed by atoms with Gasteiger partial charge >= 0.3 is 6.36 Å². The summed E-state index contributed by atoms with van der Waals surface area (Å²) in [5.41, 5.74) is 1.37. The van der Waals surface area contributed by atoms with Gasteiger partial charge in [-0.15, -0.1) is 23.4 Å². The van der Waals surface area contributed by atoms with Crippen LogP contribution in [0.25, 0.3) is 0 Å². The second-order valence-corrected chi connectivity index (χ2v) is 6.93. The van der Waals surface area contributed by atoms with E-state index in [0.29, 0.717) is 11.0 Å². The van der Waals surface area contributed by atoms with Crippen LogP contribution in [0.1, 0.15) is 21.7 Å². The highest BCUT2D eigenvalue weighted by Crippen LogP contribution is 2.23. The number of aromatic nitrogens is 3. The highest BCUT2D eigenvalue weighted by molar-refractivity contribution is 7.98. The molecule has 10 heteroatoms. The van der Waals surface area contributed by atoms with E-state index in [4.69, 9.17) is 0 Å². The molecular weight excluding hydrogens is 405 g/mol. The lowest BCUT2D eigenvalue weighted by Crippen LogP contribution is -2.24. The smallest absolute Gasteiger partial charge is 0.406 e. The molecule has 3 rings (SSSR count). The quantitative estimate of drug-likeness (QED) is 0.584. The molecule has 0 spiro atoms. The SMILES string of the molecule is Cn1c(CNC(=O)c2ccc(OC(F)(F)F)cc2)nnc1SCc1ccccc1. The summed E-state index contributed by atoms with van der Waals surface area (Å²) in [5, 5.41) is 11.6. The first-order valence-electron chi connectivity index (χ1n) is 8.51. The van der Waals surface area contributed by atoms with Crippen LogP contribution in [0.4, 0.5) is 13.2 Å². The molecule has 1 amide bonds. The van der Waals surface area contributed by atoms with Gasteiger partial charge in [-0.2, -0.15) is 0 Å². The van der Waals surface area contributed by atoms with Crippen LogP contribution in [0, 0.1) is 0 Å². The largest absolute Gasteiger partial charge is 0.573 e. The summed E-state index contributed by atoms with van der Waals surface area (Å²) < 4.78 is 42.1. The first kappa shape index (κ1) is 20.7. The zero-order chi connectivity index (χ0) is 20.9. The van der Waals surface area contributed by atoms with Gasteiger partial charge in [0.05, 0.1) is 6.54 Å². The standard InChI is InChI=1S/C19H17F3N4O2S/c1-26-16(24-25-18(26)29-12-13-5-3-2-4-6-13)11-23-17(27)14-7-9-15(10-8-14)28-19(20,21)22/h2-10H,11-12H2,1H3,(H,23,27). The molecule has 0 unspecified atom stereocenters. The van der Waals surface area contributed by atoms with Crippen LogP contribution in [-0.4, -0.2) is 27.0 Å². The Morgan fingerprint density at radius 2 is 1.79 bits per heavy atom. The molecule has 29 heavy (non-hydrogen) atoms. The second kappa shape index (κ2) is 8.99. The molecule has 0 aliphatic rings. The Balaban J connectivity index is 1.54. The molecule has 1 N–H and O–H groups in total. The van der Waals surface area contributed by atoms with Crippen molar-refractivity contribution < 1.29 is 22.7 Å². The minimum atomic E-state index is -4.77. The number of carbonyl (C=O) groups is 1. The molecule has 3 aromatic rings. The number of benzene rings is 2. The zero-order valence-corrected chi connectivity index (χ0v) is 16.1. The van der Waals surface area contributed by atoms with E-state index in [2.05, 4.69) is 20.3 Å². The third kappa shape index (κ3) is 5.98. The van der Waals surface area contributed by atoms with Crippen molar-refractivity contribution in [2.75, 3.05) is 0 Å². The van der Waals surface area contributed by atoms with E-state index in [1.165, 1.54) is 23.9 Å². The number of halogens is 3. The fourth-order valence-corrected chi connectivity index (χ4v) is 3.30. The molecule has 0 aliphatic heterocycles. The first-order valence-corrected chi connectivity index (χ1v) is 9.49. The van der Waals surface area contributed by atoms with Crippen LogP contribution in [0.15, 0.2) is 59.8 Å². The van der Waals surface area contributed by atoms with Crippen LogP contribution in [0.5, 0.6) is 5.75 Å². The molecule has 1 heterocycles. The van der Waals surface area contributed by atoms with Gasteiger partial charge in [0.2, 0.25) is 0 Å². The number of thioether (sulfide) groups is 1. The summed E-state index contributed by atoms with van der Waals surface area (Å²) in [6.45, 7) is 0.134. The van der Waals surface area contributed by atoms with Crippen molar-refractivity contribution in [1.82, 2.24) is 20.1 Å². The highest BCUT2D eigenvalue weighted by Gasteiger charge is 2.31. The Labute approximate surface area is 169 Å². The number of alkyl halides is 3. The monoisotopic (exact) mass is 422 g/mol. The number of carbonyl (C=O) groups excluding carboxylic acids is 1. The molecule has 0 saturated heterocycles. The van der Waals surface area contributed by atoms with Crippen LogP contribution in [-0.2, 0) is 19.3 Å². The maximum Gasteiger partial charge on any atom is 0.573 e. The average Bonchev–Trinajstić information content (AvgIpc) is 3.04. The van der Waals surface area contributed by atoms with Gasteiger partial charge in [0.15, 0.2) is 11.0 Å². The van der Waals surface area contributed by atoms with Gasteiger partial charge in [0, 0.05) is 18.4 Å². The van der Waals surface area contributed by atoms with E-state index in [0.717, 1.165) is 23.4 Å². The predicted octanol–water partition coefficient (Wildman–Crippen LogP) is 3.94. The number of rotatable bonds is 7. The molecule has 0 saturated carbocycles. The lowest BCUT2D eigenvalue weighted by Gasteiger charge is -2.09. The van der Waals surface area contributed by atoms with E-state index in [-0.39, 0.29) is 17.9 Å². The van der Waals surface area contributed by atoms with Gasteiger partial charge in [0.25, 0.3) is 5.91 Å². The molecule has 0 bridgehead atoms. The van der Waals surface area contributed by atoms with Crippen molar-refractivity contribution in [3.05, 3.63) is 71.5 Å². The number of nitrogens with zero attached hydrogens (tertiary/aromatic N) is 3. The Morgan fingerprint density at radius 1 is 1.10 bits per heavy atom. The molecule has 0 fully saturated rings. The number of hydrogen-bond acceptors (Lipinski definition) is 5. The van der Waals surface area contributed by atoms with Gasteiger partial charge in [-0.05, 0) is 29.8 Å². The van der Waals surface area contributed by atoms with E-state index >= 15 is 0 Å². The fraction of sp³-hybridized carbons (Fsp3) is 0.211. The van der Waals surface area contributed by atoms with Crippen molar-refractivity contribution >= 4 is 17.7 Å².